The predicted octanol–water partition coefficient (Wildman–Crippen LogP) is 3.41. The van der Waals surface area contributed by atoms with E-state index < -0.39 is 6.61 Å². The molecule has 5 heteroatoms. The highest BCUT2D eigenvalue weighted by molar-refractivity contribution is 5.29. The number of alkyl halides is 2. The molecule has 0 amide bonds. The third-order valence-corrected chi connectivity index (χ3v) is 4.00. The zero-order chi connectivity index (χ0) is 15.3. The van der Waals surface area contributed by atoms with E-state index in [4.69, 9.17) is 5.73 Å². The second-order valence-corrected chi connectivity index (χ2v) is 5.48. The van der Waals surface area contributed by atoms with Crippen LogP contribution in [0.25, 0.3) is 0 Å². The average Bonchev–Trinajstić information content (AvgIpc) is 2.40. The topological polar surface area (TPSA) is 38.5 Å². The zero-order valence-electron chi connectivity index (χ0n) is 12.6. The maximum Gasteiger partial charge on any atom is 0.387 e. The molecule has 0 bridgehead atoms. The normalized spacial score (nSPS) is 13.8. The van der Waals surface area contributed by atoms with Crippen LogP contribution in [0, 0.1) is 0 Å². The molecule has 0 aliphatic heterocycles. The van der Waals surface area contributed by atoms with Gasteiger partial charge in [0, 0.05) is 18.1 Å². The molecule has 3 nitrogen and oxygen atoms in total. The maximum atomic E-state index is 12.1. The second-order valence-electron chi connectivity index (χ2n) is 5.48. The van der Waals surface area contributed by atoms with Crippen molar-refractivity contribution in [1.82, 2.24) is 4.90 Å². The fraction of sp³-hybridized carbons (Fsp3) is 0.600. The Morgan fingerprint density at radius 1 is 1.25 bits per heavy atom. The number of benzene rings is 1. The van der Waals surface area contributed by atoms with Crippen molar-refractivity contribution in [2.75, 3.05) is 13.6 Å². The molecule has 1 unspecified atom stereocenters. The van der Waals surface area contributed by atoms with Crippen LogP contribution >= 0.6 is 0 Å². The molecular weight excluding hydrogens is 262 g/mol. The van der Waals surface area contributed by atoms with Crippen molar-refractivity contribution in [2.24, 2.45) is 5.73 Å². The molecule has 1 atom stereocenters. The van der Waals surface area contributed by atoms with E-state index in [0.29, 0.717) is 6.54 Å². The van der Waals surface area contributed by atoms with E-state index in [1.54, 1.807) is 24.3 Å². The van der Waals surface area contributed by atoms with Crippen LogP contribution in [0.1, 0.15) is 38.8 Å². The standard InChI is InChI=1S/C15H24F2N2O/c1-5-15(2,3)19(4)13(10-18)11-6-8-12(9-7-11)20-14(16)17/h6-9,13-14H,5,10,18H2,1-4H3. The van der Waals surface area contributed by atoms with Gasteiger partial charge in [-0.05, 0) is 45.0 Å². The molecule has 0 radical (unpaired) electrons. The summed E-state index contributed by atoms with van der Waals surface area (Å²) in [6, 6.07) is 6.73. The summed E-state index contributed by atoms with van der Waals surface area (Å²) in [6.45, 7) is 4.11. The lowest BCUT2D eigenvalue weighted by molar-refractivity contribution is -0.0498. The number of ether oxygens (including phenoxy) is 1. The fourth-order valence-electron chi connectivity index (χ4n) is 2.06. The monoisotopic (exact) mass is 286 g/mol. The van der Waals surface area contributed by atoms with Crippen LogP contribution in [-0.4, -0.2) is 30.6 Å². The Morgan fingerprint density at radius 3 is 2.20 bits per heavy atom. The lowest BCUT2D eigenvalue weighted by Crippen LogP contribution is -2.45. The number of halogens is 2. The summed E-state index contributed by atoms with van der Waals surface area (Å²) in [5, 5.41) is 0. The molecule has 1 aromatic rings. The summed E-state index contributed by atoms with van der Waals surface area (Å²) in [5.41, 5.74) is 6.90. The minimum Gasteiger partial charge on any atom is -0.435 e. The van der Waals surface area contributed by atoms with Gasteiger partial charge in [0.25, 0.3) is 0 Å². The number of rotatable bonds is 7. The third kappa shape index (κ3) is 4.15. The smallest absolute Gasteiger partial charge is 0.387 e. The summed E-state index contributed by atoms with van der Waals surface area (Å²) < 4.78 is 28.6. The van der Waals surface area contributed by atoms with Gasteiger partial charge in [0.15, 0.2) is 0 Å². The first-order valence-corrected chi connectivity index (χ1v) is 6.79. The minimum absolute atomic E-state index is 0.0161. The summed E-state index contributed by atoms with van der Waals surface area (Å²) in [6.07, 6.45) is 0.993. The van der Waals surface area contributed by atoms with Crippen molar-refractivity contribution < 1.29 is 13.5 Å². The molecule has 1 rings (SSSR count). The van der Waals surface area contributed by atoms with Crippen LogP contribution < -0.4 is 10.5 Å². The zero-order valence-corrected chi connectivity index (χ0v) is 12.6. The lowest BCUT2D eigenvalue weighted by atomic mass is 9.95. The molecule has 0 spiro atoms. The Bertz CT molecular complexity index is 407. The van der Waals surface area contributed by atoms with E-state index in [1.165, 1.54) is 0 Å². The molecule has 114 valence electrons. The van der Waals surface area contributed by atoms with E-state index in [-0.39, 0.29) is 17.3 Å². The van der Waals surface area contributed by atoms with Gasteiger partial charge >= 0.3 is 6.61 Å². The van der Waals surface area contributed by atoms with Crippen molar-refractivity contribution in [3.63, 3.8) is 0 Å². The van der Waals surface area contributed by atoms with E-state index in [1.807, 2.05) is 7.05 Å². The summed E-state index contributed by atoms with van der Waals surface area (Å²) in [5.74, 6) is 0.164. The average molecular weight is 286 g/mol. The molecular formula is C15H24F2N2O. The third-order valence-electron chi connectivity index (χ3n) is 4.00. The van der Waals surface area contributed by atoms with Crippen LogP contribution in [0.5, 0.6) is 5.75 Å². The van der Waals surface area contributed by atoms with Crippen LogP contribution in [0.3, 0.4) is 0 Å². The highest BCUT2D eigenvalue weighted by atomic mass is 19.3. The Balaban J connectivity index is 2.90. The van der Waals surface area contributed by atoms with Gasteiger partial charge in [0.1, 0.15) is 5.75 Å². The van der Waals surface area contributed by atoms with E-state index in [9.17, 15) is 8.78 Å². The Kier molecular flexibility index (Phi) is 5.89. The van der Waals surface area contributed by atoms with Gasteiger partial charge in [-0.3, -0.25) is 4.90 Å². The first-order valence-electron chi connectivity index (χ1n) is 6.79. The van der Waals surface area contributed by atoms with Crippen molar-refractivity contribution in [2.45, 2.75) is 45.4 Å². The largest absolute Gasteiger partial charge is 0.435 e. The van der Waals surface area contributed by atoms with Crippen LogP contribution in [-0.2, 0) is 0 Å². The van der Waals surface area contributed by atoms with Gasteiger partial charge in [-0.2, -0.15) is 8.78 Å². The Labute approximate surface area is 119 Å². The molecule has 0 aromatic heterocycles. The summed E-state index contributed by atoms with van der Waals surface area (Å²) in [7, 11) is 2.03. The van der Waals surface area contributed by atoms with Gasteiger partial charge in [-0.25, -0.2) is 0 Å². The van der Waals surface area contributed by atoms with Crippen LogP contribution in [0.15, 0.2) is 24.3 Å². The quantitative estimate of drug-likeness (QED) is 0.835. The molecule has 0 heterocycles. The Hall–Kier alpha value is -1.20. The molecule has 0 aliphatic carbocycles. The highest BCUT2D eigenvalue weighted by Crippen LogP contribution is 2.29. The number of nitrogens with zero attached hydrogens (tertiary/aromatic N) is 1. The molecule has 0 fully saturated rings. The van der Waals surface area contributed by atoms with E-state index in [0.717, 1.165) is 12.0 Å². The van der Waals surface area contributed by atoms with Crippen molar-refractivity contribution >= 4 is 0 Å². The van der Waals surface area contributed by atoms with Crippen molar-refractivity contribution in [3.05, 3.63) is 29.8 Å². The molecule has 2 N–H and O–H groups in total. The molecule has 0 aliphatic rings. The first kappa shape index (κ1) is 16.9. The van der Waals surface area contributed by atoms with Gasteiger partial charge in [-0.15, -0.1) is 0 Å². The Morgan fingerprint density at radius 2 is 1.80 bits per heavy atom. The van der Waals surface area contributed by atoms with Gasteiger partial charge in [0.05, 0.1) is 0 Å². The van der Waals surface area contributed by atoms with Crippen molar-refractivity contribution in [1.29, 1.82) is 0 Å². The van der Waals surface area contributed by atoms with Crippen LogP contribution in [0.2, 0.25) is 0 Å². The van der Waals surface area contributed by atoms with Crippen LogP contribution in [0.4, 0.5) is 8.78 Å². The van der Waals surface area contributed by atoms with Gasteiger partial charge in [-0.1, -0.05) is 19.1 Å². The minimum atomic E-state index is -2.80. The summed E-state index contributed by atoms with van der Waals surface area (Å²) >= 11 is 0. The highest BCUT2D eigenvalue weighted by Gasteiger charge is 2.28. The predicted molar refractivity (Wildman–Crippen MR) is 77.0 cm³/mol. The SMILES string of the molecule is CCC(C)(C)N(C)C(CN)c1ccc(OC(F)F)cc1. The molecule has 0 saturated carbocycles. The van der Waals surface area contributed by atoms with E-state index >= 15 is 0 Å². The second kappa shape index (κ2) is 6.99. The molecule has 20 heavy (non-hydrogen) atoms. The van der Waals surface area contributed by atoms with Gasteiger partial charge < -0.3 is 10.5 Å². The number of hydrogen-bond acceptors (Lipinski definition) is 3. The van der Waals surface area contributed by atoms with Gasteiger partial charge in [0.2, 0.25) is 0 Å². The summed E-state index contributed by atoms with van der Waals surface area (Å²) in [4.78, 5) is 2.22. The number of nitrogens with two attached hydrogens (primary N) is 1. The molecule has 1 aromatic carbocycles. The first-order chi connectivity index (χ1) is 9.31. The molecule has 0 saturated heterocycles. The van der Waals surface area contributed by atoms with Crippen molar-refractivity contribution in [3.8, 4) is 5.75 Å². The van der Waals surface area contributed by atoms with E-state index in [2.05, 4.69) is 30.4 Å². The fourth-order valence-corrected chi connectivity index (χ4v) is 2.06. The maximum absolute atomic E-state index is 12.1. The number of hydrogen-bond donors (Lipinski definition) is 1. The number of likely N-dealkylation sites (N-methyl/N-ethyl adjacent to an activating group) is 1. The lowest BCUT2D eigenvalue weighted by Gasteiger charge is -2.40.